The number of urea groups is 1. The number of hydrogen-bond acceptors (Lipinski definition) is 4. The Labute approximate surface area is 121 Å². The molecule has 2 bridgehead atoms. The Balaban J connectivity index is 1.58. The lowest BCUT2D eigenvalue weighted by atomic mass is 10.0. The lowest BCUT2D eigenvalue weighted by Gasteiger charge is -2.37. The lowest BCUT2D eigenvalue weighted by Crippen LogP contribution is -2.51. The highest BCUT2D eigenvalue weighted by Gasteiger charge is 2.42. The Bertz CT molecular complexity index is 541. The van der Waals surface area contributed by atoms with Crippen molar-refractivity contribution in [2.24, 2.45) is 0 Å². The van der Waals surface area contributed by atoms with Crippen molar-refractivity contribution in [3.8, 4) is 0 Å². The molecule has 7 nitrogen and oxygen atoms in total. The first kappa shape index (κ1) is 13.9. The highest BCUT2D eigenvalue weighted by atomic mass is 16.4. The van der Waals surface area contributed by atoms with Crippen LogP contribution in [-0.4, -0.2) is 45.3 Å². The molecule has 2 aliphatic rings. The summed E-state index contributed by atoms with van der Waals surface area (Å²) in [5.41, 5.74) is 0. The Morgan fingerprint density at radius 3 is 2.52 bits per heavy atom. The van der Waals surface area contributed by atoms with Crippen LogP contribution in [0.15, 0.2) is 16.5 Å². The van der Waals surface area contributed by atoms with Gasteiger partial charge in [-0.25, -0.2) is 9.59 Å². The molecular weight excluding hydrogens is 276 g/mol. The molecule has 0 radical (unpaired) electrons. The van der Waals surface area contributed by atoms with Crippen molar-refractivity contribution < 1.29 is 24.2 Å². The molecule has 21 heavy (non-hydrogen) atoms. The van der Waals surface area contributed by atoms with Crippen LogP contribution in [0.3, 0.4) is 0 Å². The summed E-state index contributed by atoms with van der Waals surface area (Å²) < 4.78 is 5.10. The maximum atomic E-state index is 12.3. The van der Waals surface area contributed by atoms with Crippen LogP contribution in [0.2, 0.25) is 0 Å². The number of fused-ring (bicyclic) bond motifs is 2. The van der Waals surface area contributed by atoms with E-state index in [4.69, 9.17) is 9.52 Å². The zero-order valence-corrected chi connectivity index (χ0v) is 11.5. The summed E-state index contributed by atoms with van der Waals surface area (Å²) >= 11 is 0. The number of piperidine rings is 1. The third-order valence-corrected chi connectivity index (χ3v) is 4.23. The monoisotopic (exact) mass is 294 g/mol. The third-order valence-electron chi connectivity index (χ3n) is 4.23. The van der Waals surface area contributed by atoms with E-state index in [1.807, 2.05) is 4.90 Å². The van der Waals surface area contributed by atoms with Gasteiger partial charge in [0.15, 0.2) is 0 Å². The van der Waals surface area contributed by atoms with E-state index in [0.29, 0.717) is 18.6 Å². The van der Waals surface area contributed by atoms with Crippen LogP contribution < -0.4 is 5.32 Å². The van der Waals surface area contributed by atoms with Crippen LogP contribution in [-0.2, 0) is 6.54 Å². The normalized spacial score (nSPS) is 27.7. The van der Waals surface area contributed by atoms with E-state index < -0.39 is 5.97 Å². The average molecular weight is 294 g/mol. The highest BCUT2D eigenvalue weighted by Crippen LogP contribution is 2.35. The molecule has 3 rings (SSSR count). The van der Waals surface area contributed by atoms with Gasteiger partial charge in [0.2, 0.25) is 5.76 Å². The van der Waals surface area contributed by atoms with E-state index in [1.165, 1.54) is 12.1 Å². The number of aliphatic hydroxyl groups is 1. The fourth-order valence-corrected chi connectivity index (χ4v) is 3.32. The summed E-state index contributed by atoms with van der Waals surface area (Å²) in [5, 5.41) is 21.2. The zero-order valence-electron chi connectivity index (χ0n) is 11.5. The molecule has 3 N–H and O–H groups in total. The van der Waals surface area contributed by atoms with Gasteiger partial charge in [-0.05, 0) is 37.8 Å². The second-order valence-corrected chi connectivity index (χ2v) is 5.65. The Morgan fingerprint density at radius 2 is 1.95 bits per heavy atom. The molecule has 2 saturated heterocycles. The number of carbonyl (C=O) groups excluding carboxylic acids is 1. The SMILES string of the molecule is O=C(O)c1ccc(CNC(=O)N2C3CCC2CC(O)C3)o1. The number of amides is 2. The summed E-state index contributed by atoms with van der Waals surface area (Å²) in [6.07, 6.45) is 2.81. The maximum Gasteiger partial charge on any atom is 0.371 e. The van der Waals surface area contributed by atoms with E-state index in [2.05, 4.69) is 5.32 Å². The number of nitrogens with one attached hydrogen (secondary N) is 1. The van der Waals surface area contributed by atoms with Gasteiger partial charge in [0.25, 0.3) is 0 Å². The van der Waals surface area contributed by atoms with Crippen LogP contribution in [0.5, 0.6) is 0 Å². The molecule has 7 heteroatoms. The first-order valence-electron chi connectivity index (χ1n) is 7.11. The summed E-state index contributed by atoms with van der Waals surface area (Å²) in [4.78, 5) is 24.8. The molecule has 2 fully saturated rings. The summed E-state index contributed by atoms with van der Waals surface area (Å²) in [7, 11) is 0. The van der Waals surface area contributed by atoms with Crippen molar-refractivity contribution in [2.45, 2.75) is 50.4 Å². The number of furan rings is 1. The number of nitrogens with zero attached hydrogens (tertiary/aromatic N) is 1. The number of carbonyl (C=O) groups is 2. The number of rotatable bonds is 3. The third kappa shape index (κ3) is 2.73. The van der Waals surface area contributed by atoms with Gasteiger partial charge < -0.3 is 24.8 Å². The first-order valence-corrected chi connectivity index (χ1v) is 7.11. The molecule has 114 valence electrons. The van der Waals surface area contributed by atoms with Gasteiger partial charge in [-0.1, -0.05) is 0 Å². The Kier molecular flexibility index (Phi) is 3.59. The second kappa shape index (κ2) is 5.40. The first-order chi connectivity index (χ1) is 10.0. The largest absolute Gasteiger partial charge is 0.475 e. The van der Waals surface area contributed by atoms with Crippen molar-refractivity contribution in [1.82, 2.24) is 10.2 Å². The predicted octanol–water partition coefficient (Wildman–Crippen LogP) is 1.18. The van der Waals surface area contributed by atoms with Crippen LogP contribution in [0.1, 0.15) is 42.0 Å². The Morgan fingerprint density at radius 1 is 1.29 bits per heavy atom. The average Bonchev–Trinajstić information content (AvgIpc) is 3.00. The minimum Gasteiger partial charge on any atom is -0.475 e. The summed E-state index contributed by atoms with van der Waals surface area (Å²) in [5.74, 6) is -0.860. The van der Waals surface area contributed by atoms with E-state index in [1.54, 1.807) is 0 Å². The van der Waals surface area contributed by atoms with Gasteiger partial charge in [0.1, 0.15) is 5.76 Å². The minimum absolute atomic E-state index is 0.102. The van der Waals surface area contributed by atoms with Gasteiger partial charge in [-0.3, -0.25) is 0 Å². The van der Waals surface area contributed by atoms with Crippen molar-refractivity contribution in [3.05, 3.63) is 23.7 Å². The molecule has 0 spiro atoms. The molecule has 2 unspecified atom stereocenters. The molecule has 3 heterocycles. The Hall–Kier alpha value is -2.02. The molecule has 1 aromatic heterocycles. The van der Waals surface area contributed by atoms with Crippen molar-refractivity contribution in [1.29, 1.82) is 0 Å². The highest BCUT2D eigenvalue weighted by molar-refractivity contribution is 5.84. The summed E-state index contributed by atoms with van der Waals surface area (Å²) in [6, 6.07) is 2.93. The van der Waals surface area contributed by atoms with E-state index in [9.17, 15) is 14.7 Å². The second-order valence-electron chi connectivity index (χ2n) is 5.65. The number of hydrogen-bond donors (Lipinski definition) is 3. The van der Waals surface area contributed by atoms with E-state index >= 15 is 0 Å². The predicted molar refractivity (Wildman–Crippen MR) is 71.8 cm³/mol. The fourth-order valence-electron chi connectivity index (χ4n) is 3.32. The number of carboxylic acid groups (broad SMARTS) is 1. The number of aliphatic hydroxyl groups excluding tert-OH is 1. The standard InChI is InChI=1S/C14H18N2O5/c17-10-5-8-1-2-9(6-10)16(8)14(20)15-7-11-3-4-12(21-11)13(18)19/h3-4,8-10,17H,1-2,5-7H2,(H,15,20)(H,18,19). The van der Waals surface area contributed by atoms with Crippen LogP contribution in [0.4, 0.5) is 4.79 Å². The fraction of sp³-hybridized carbons (Fsp3) is 0.571. The molecule has 2 aliphatic heterocycles. The molecule has 1 aromatic rings. The summed E-state index contributed by atoms with van der Waals surface area (Å²) in [6.45, 7) is 0.157. The van der Waals surface area contributed by atoms with E-state index in [-0.39, 0.29) is 36.5 Å². The number of aromatic carboxylic acids is 1. The molecule has 2 amide bonds. The topological polar surface area (TPSA) is 103 Å². The van der Waals surface area contributed by atoms with Gasteiger partial charge in [0, 0.05) is 12.1 Å². The van der Waals surface area contributed by atoms with Crippen molar-refractivity contribution >= 4 is 12.0 Å². The van der Waals surface area contributed by atoms with E-state index in [0.717, 1.165) is 12.8 Å². The van der Waals surface area contributed by atoms with Crippen LogP contribution >= 0.6 is 0 Å². The van der Waals surface area contributed by atoms with Gasteiger partial charge >= 0.3 is 12.0 Å². The van der Waals surface area contributed by atoms with Gasteiger partial charge in [-0.15, -0.1) is 0 Å². The molecule has 2 atom stereocenters. The molecule has 0 aliphatic carbocycles. The van der Waals surface area contributed by atoms with Crippen molar-refractivity contribution in [3.63, 3.8) is 0 Å². The van der Waals surface area contributed by atoms with Crippen molar-refractivity contribution in [2.75, 3.05) is 0 Å². The smallest absolute Gasteiger partial charge is 0.371 e. The van der Waals surface area contributed by atoms with Crippen LogP contribution in [0.25, 0.3) is 0 Å². The maximum absolute atomic E-state index is 12.3. The van der Waals surface area contributed by atoms with Crippen LogP contribution in [0, 0.1) is 0 Å². The molecule has 0 saturated carbocycles. The minimum atomic E-state index is -1.13. The molecular formula is C14H18N2O5. The zero-order chi connectivity index (χ0) is 15.0. The number of carboxylic acids is 1. The quantitative estimate of drug-likeness (QED) is 0.776. The van der Waals surface area contributed by atoms with Gasteiger partial charge in [-0.2, -0.15) is 0 Å². The molecule has 0 aromatic carbocycles. The van der Waals surface area contributed by atoms with Gasteiger partial charge in [0.05, 0.1) is 12.6 Å². The lowest BCUT2D eigenvalue weighted by molar-refractivity contribution is 0.0540.